The van der Waals surface area contributed by atoms with E-state index >= 15 is 0 Å². The van der Waals surface area contributed by atoms with Gasteiger partial charge in [0.1, 0.15) is 11.6 Å². The quantitative estimate of drug-likeness (QED) is 0.719. The van der Waals surface area contributed by atoms with E-state index in [-0.39, 0.29) is 5.56 Å². The highest BCUT2D eigenvalue weighted by Crippen LogP contribution is 2.35. The molecule has 1 heterocycles. The molecule has 0 fully saturated rings. The topological polar surface area (TPSA) is 39.4 Å². The summed E-state index contributed by atoms with van der Waals surface area (Å²) in [5.41, 5.74) is 1.04. The lowest BCUT2D eigenvalue weighted by molar-refractivity contribution is 0.385. The SMILES string of the molecule is N#CN1C(c2ccc(Br)cc2)=CC=NC1c1c(F)cccc1F. The molecule has 0 radical (unpaired) electrons. The summed E-state index contributed by atoms with van der Waals surface area (Å²) in [6, 6.07) is 10.9. The van der Waals surface area contributed by atoms with E-state index in [2.05, 4.69) is 20.9 Å². The van der Waals surface area contributed by atoms with Crippen LogP contribution < -0.4 is 0 Å². The van der Waals surface area contributed by atoms with Gasteiger partial charge in [-0.05, 0) is 35.9 Å². The zero-order chi connectivity index (χ0) is 16.4. The molecule has 1 unspecified atom stereocenters. The molecule has 1 atom stereocenters. The molecule has 2 aromatic rings. The van der Waals surface area contributed by atoms with Crippen LogP contribution in [0.4, 0.5) is 8.78 Å². The minimum absolute atomic E-state index is 0.243. The molecule has 23 heavy (non-hydrogen) atoms. The van der Waals surface area contributed by atoms with Crippen molar-refractivity contribution in [3.63, 3.8) is 0 Å². The number of hydrogen-bond donors (Lipinski definition) is 0. The Balaban J connectivity index is 2.06. The minimum Gasteiger partial charge on any atom is -0.262 e. The van der Waals surface area contributed by atoms with Gasteiger partial charge in [-0.25, -0.2) is 8.78 Å². The van der Waals surface area contributed by atoms with Crippen molar-refractivity contribution >= 4 is 27.8 Å². The second-order valence-electron chi connectivity index (χ2n) is 4.84. The Morgan fingerprint density at radius 2 is 1.74 bits per heavy atom. The molecule has 2 aromatic carbocycles. The summed E-state index contributed by atoms with van der Waals surface area (Å²) in [5, 5.41) is 9.50. The van der Waals surface area contributed by atoms with Crippen LogP contribution in [0.2, 0.25) is 0 Å². The van der Waals surface area contributed by atoms with E-state index in [1.54, 1.807) is 6.08 Å². The maximum atomic E-state index is 14.1. The van der Waals surface area contributed by atoms with E-state index in [9.17, 15) is 14.0 Å². The molecule has 0 aromatic heterocycles. The highest BCUT2D eigenvalue weighted by molar-refractivity contribution is 9.10. The molecule has 1 aliphatic rings. The largest absolute Gasteiger partial charge is 0.262 e. The molecule has 0 spiro atoms. The van der Waals surface area contributed by atoms with Crippen molar-refractivity contribution in [2.45, 2.75) is 6.17 Å². The summed E-state index contributed by atoms with van der Waals surface area (Å²) >= 11 is 3.35. The van der Waals surface area contributed by atoms with Gasteiger partial charge in [-0.2, -0.15) is 5.26 Å². The van der Waals surface area contributed by atoms with Crippen LogP contribution in [-0.2, 0) is 0 Å². The van der Waals surface area contributed by atoms with Crippen molar-refractivity contribution in [3.8, 4) is 6.19 Å². The first-order chi connectivity index (χ1) is 11.1. The van der Waals surface area contributed by atoms with Crippen LogP contribution in [0, 0.1) is 23.1 Å². The van der Waals surface area contributed by atoms with Gasteiger partial charge in [-0.1, -0.05) is 34.1 Å². The van der Waals surface area contributed by atoms with Crippen LogP contribution in [0.1, 0.15) is 17.3 Å². The van der Waals surface area contributed by atoms with Crippen LogP contribution in [-0.4, -0.2) is 11.1 Å². The van der Waals surface area contributed by atoms with E-state index in [0.717, 1.165) is 22.2 Å². The molecule has 0 aliphatic carbocycles. The highest BCUT2D eigenvalue weighted by atomic mass is 79.9. The van der Waals surface area contributed by atoms with Gasteiger partial charge in [0, 0.05) is 10.7 Å². The van der Waals surface area contributed by atoms with Crippen molar-refractivity contribution in [1.82, 2.24) is 4.90 Å². The lowest BCUT2D eigenvalue weighted by atomic mass is 10.1. The summed E-state index contributed by atoms with van der Waals surface area (Å²) in [4.78, 5) is 5.28. The fourth-order valence-electron chi connectivity index (χ4n) is 2.40. The number of aliphatic imine (C=N–C) groups is 1. The summed E-state index contributed by atoms with van der Waals surface area (Å²) in [6.07, 6.45) is 4.01. The van der Waals surface area contributed by atoms with Crippen molar-refractivity contribution in [1.29, 1.82) is 5.26 Å². The van der Waals surface area contributed by atoms with Gasteiger partial charge in [0.25, 0.3) is 0 Å². The number of halogens is 3. The number of nitrogens with zero attached hydrogens (tertiary/aromatic N) is 3. The van der Waals surface area contributed by atoms with Gasteiger partial charge in [-0.15, -0.1) is 0 Å². The van der Waals surface area contributed by atoms with Gasteiger partial charge in [-0.3, -0.25) is 9.89 Å². The van der Waals surface area contributed by atoms with Crippen molar-refractivity contribution in [2.75, 3.05) is 0 Å². The summed E-state index contributed by atoms with van der Waals surface area (Å²) in [5.74, 6) is -1.46. The third-order valence-corrected chi connectivity index (χ3v) is 4.00. The predicted octanol–water partition coefficient (Wildman–Crippen LogP) is 4.63. The number of rotatable bonds is 2. The third kappa shape index (κ3) is 2.88. The van der Waals surface area contributed by atoms with E-state index in [4.69, 9.17) is 0 Å². The molecule has 114 valence electrons. The zero-order valence-corrected chi connectivity index (χ0v) is 13.3. The first-order valence-corrected chi connectivity index (χ1v) is 7.53. The Morgan fingerprint density at radius 1 is 1.09 bits per heavy atom. The average Bonchev–Trinajstić information content (AvgIpc) is 2.55. The van der Waals surface area contributed by atoms with Gasteiger partial charge < -0.3 is 0 Å². The molecule has 6 heteroatoms. The Labute approximate surface area is 140 Å². The zero-order valence-electron chi connectivity index (χ0n) is 11.7. The van der Waals surface area contributed by atoms with Gasteiger partial charge in [0.05, 0.1) is 11.3 Å². The van der Waals surface area contributed by atoms with E-state index < -0.39 is 17.8 Å². The molecule has 3 rings (SSSR count). The maximum Gasteiger partial charge on any atom is 0.186 e. The summed E-state index contributed by atoms with van der Waals surface area (Å²) in [7, 11) is 0. The van der Waals surface area contributed by atoms with Crippen LogP contribution >= 0.6 is 15.9 Å². The number of allylic oxidation sites excluding steroid dienone is 1. The van der Waals surface area contributed by atoms with E-state index in [1.165, 1.54) is 17.2 Å². The van der Waals surface area contributed by atoms with E-state index in [1.807, 2.05) is 30.5 Å². The van der Waals surface area contributed by atoms with Gasteiger partial charge in [0.2, 0.25) is 0 Å². The average molecular weight is 374 g/mol. The van der Waals surface area contributed by atoms with E-state index in [0.29, 0.717) is 5.70 Å². The summed E-state index contributed by atoms with van der Waals surface area (Å²) in [6.45, 7) is 0. The standard InChI is InChI=1S/C17H10BrF2N3/c18-12-6-4-11(5-7-12)15-8-9-22-17(23(15)10-21)16-13(19)2-1-3-14(16)20/h1-9,17H. The Hall–Kier alpha value is -2.52. The number of hydrogen-bond acceptors (Lipinski definition) is 3. The Kier molecular flexibility index (Phi) is 4.22. The molecule has 0 amide bonds. The lowest BCUT2D eigenvalue weighted by Gasteiger charge is -2.29. The monoisotopic (exact) mass is 373 g/mol. The molecule has 1 aliphatic heterocycles. The fourth-order valence-corrected chi connectivity index (χ4v) is 2.66. The number of benzene rings is 2. The van der Waals surface area contributed by atoms with Crippen LogP contribution in [0.25, 0.3) is 5.70 Å². The molecule has 0 N–H and O–H groups in total. The molecular weight excluding hydrogens is 364 g/mol. The molecule has 0 saturated heterocycles. The smallest absolute Gasteiger partial charge is 0.186 e. The van der Waals surface area contributed by atoms with Crippen LogP contribution in [0.15, 0.2) is 58.0 Å². The van der Waals surface area contributed by atoms with Gasteiger partial charge in [0.15, 0.2) is 12.4 Å². The summed E-state index contributed by atoms with van der Waals surface area (Å²) < 4.78 is 29.0. The van der Waals surface area contributed by atoms with Crippen LogP contribution in [0.3, 0.4) is 0 Å². The van der Waals surface area contributed by atoms with Crippen molar-refractivity contribution < 1.29 is 8.78 Å². The Bertz CT molecular complexity index is 818. The second-order valence-corrected chi connectivity index (χ2v) is 5.75. The first kappa shape index (κ1) is 15.4. The number of nitriles is 1. The third-order valence-electron chi connectivity index (χ3n) is 3.47. The van der Waals surface area contributed by atoms with Crippen molar-refractivity contribution in [2.24, 2.45) is 4.99 Å². The minimum atomic E-state index is -1.06. The lowest BCUT2D eigenvalue weighted by Crippen LogP contribution is -2.25. The highest BCUT2D eigenvalue weighted by Gasteiger charge is 2.29. The normalized spacial score (nSPS) is 16.9. The van der Waals surface area contributed by atoms with Crippen molar-refractivity contribution in [3.05, 3.63) is 75.8 Å². The molecule has 0 saturated carbocycles. The molecule has 0 bridgehead atoms. The molecule has 3 nitrogen and oxygen atoms in total. The first-order valence-electron chi connectivity index (χ1n) is 6.74. The predicted molar refractivity (Wildman–Crippen MR) is 87.2 cm³/mol. The molecular formula is C17H10BrF2N3. The van der Waals surface area contributed by atoms with Gasteiger partial charge >= 0.3 is 0 Å². The second kappa shape index (κ2) is 6.31. The Morgan fingerprint density at radius 3 is 2.35 bits per heavy atom. The van der Waals surface area contributed by atoms with Crippen LogP contribution in [0.5, 0.6) is 0 Å². The maximum absolute atomic E-state index is 14.1. The fraction of sp³-hybridized carbons (Fsp3) is 0.0588.